The second-order valence-electron chi connectivity index (χ2n) is 6.07. The van der Waals surface area contributed by atoms with Crippen molar-refractivity contribution < 1.29 is 14.3 Å². The molecule has 3 nitrogen and oxygen atoms in total. The fourth-order valence-electron chi connectivity index (χ4n) is 3.36. The number of carbonyl (C=O) groups is 1. The zero-order valence-electron chi connectivity index (χ0n) is 10.6. The highest BCUT2D eigenvalue weighted by Gasteiger charge is 2.51. The standard InChI is InChI=1S/C14H20O3/c1-3-14(8-16-9-14)17-12(15)11-6-10-4-5-13(11,2)7-10/h4-5,10-11H,3,6-9H2,1-2H3. The van der Waals surface area contributed by atoms with Crippen molar-refractivity contribution in [3.05, 3.63) is 12.2 Å². The summed E-state index contributed by atoms with van der Waals surface area (Å²) >= 11 is 0. The third-order valence-corrected chi connectivity index (χ3v) is 4.76. The molecule has 1 saturated heterocycles. The van der Waals surface area contributed by atoms with Crippen molar-refractivity contribution in [2.75, 3.05) is 13.2 Å². The fraction of sp³-hybridized carbons (Fsp3) is 0.786. The summed E-state index contributed by atoms with van der Waals surface area (Å²) in [5, 5.41) is 0. The van der Waals surface area contributed by atoms with Crippen LogP contribution in [0.3, 0.4) is 0 Å². The summed E-state index contributed by atoms with van der Waals surface area (Å²) in [5.74, 6) is 0.638. The maximum Gasteiger partial charge on any atom is 0.310 e. The molecule has 17 heavy (non-hydrogen) atoms. The zero-order chi connectivity index (χ0) is 12.1. The summed E-state index contributed by atoms with van der Waals surface area (Å²) in [6.45, 7) is 5.37. The van der Waals surface area contributed by atoms with Crippen LogP contribution in [0.4, 0.5) is 0 Å². The molecule has 0 spiro atoms. The highest BCUT2D eigenvalue weighted by atomic mass is 16.6. The molecular formula is C14H20O3. The van der Waals surface area contributed by atoms with Crippen molar-refractivity contribution in [3.8, 4) is 0 Å². The summed E-state index contributed by atoms with van der Waals surface area (Å²) in [4.78, 5) is 12.3. The molecule has 1 aliphatic heterocycles. The van der Waals surface area contributed by atoms with Gasteiger partial charge in [0.05, 0.1) is 19.1 Å². The number of fused-ring (bicyclic) bond motifs is 2. The monoisotopic (exact) mass is 236 g/mol. The van der Waals surface area contributed by atoms with Gasteiger partial charge in [0.2, 0.25) is 0 Å². The molecule has 3 heteroatoms. The molecule has 0 aromatic heterocycles. The molecule has 1 heterocycles. The molecule has 2 aliphatic carbocycles. The van der Waals surface area contributed by atoms with Gasteiger partial charge in [0.1, 0.15) is 0 Å². The predicted octanol–water partition coefficient (Wildman–Crippen LogP) is 2.31. The van der Waals surface area contributed by atoms with Crippen molar-refractivity contribution >= 4 is 5.97 Å². The molecule has 1 saturated carbocycles. The van der Waals surface area contributed by atoms with Crippen molar-refractivity contribution in [1.29, 1.82) is 0 Å². The third kappa shape index (κ3) is 1.63. The summed E-state index contributed by atoms with van der Waals surface area (Å²) in [5.41, 5.74) is -0.278. The van der Waals surface area contributed by atoms with Crippen LogP contribution < -0.4 is 0 Å². The fourth-order valence-corrected chi connectivity index (χ4v) is 3.36. The molecule has 0 N–H and O–H groups in total. The topological polar surface area (TPSA) is 35.5 Å². The quantitative estimate of drug-likeness (QED) is 0.557. The lowest BCUT2D eigenvalue weighted by atomic mass is 9.80. The van der Waals surface area contributed by atoms with E-state index in [0.29, 0.717) is 19.1 Å². The first kappa shape index (κ1) is 11.3. The highest BCUT2D eigenvalue weighted by Crippen LogP contribution is 2.53. The molecule has 2 fully saturated rings. The number of carbonyl (C=O) groups excluding carboxylic acids is 1. The highest BCUT2D eigenvalue weighted by molar-refractivity contribution is 5.75. The average molecular weight is 236 g/mol. The first-order chi connectivity index (χ1) is 8.07. The van der Waals surface area contributed by atoms with E-state index in [2.05, 4.69) is 26.0 Å². The lowest BCUT2D eigenvalue weighted by molar-refractivity contribution is -0.219. The molecule has 0 radical (unpaired) electrons. The SMILES string of the molecule is CCC1(OC(=O)C2CC3C=CC2(C)C3)COC1. The number of hydrogen-bond donors (Lipinski definition) is 0. The lowest BCUT2D eigenvalue weighted by Gasteiger charge is -2.41. The second kappa shape index (κ2) is 3.58. The average Bonchev–Trinajstić information content (AvgIpc) is 2.78. The number of hydrogen-bond acceptors (Lipinski definition) is 3. The number of rotatable bonds is 3. The van der Waals surface area contributed by atoms with E-state index in [0.717, 1.165) is 19.3 Å². The van der Waals surface area contributed by atoms with E-state index in [1.54, 1.807) is 0 Å². The van der Waals surface area contributed by atoms with Crippen LogP contribution in [-0.2, 0) is 14.3 Å². The Bertz CT molecular complexity index is 364. The summed E-state index contributed by atoms with van der Waals surface area (Å²) in [6, 6.07) is 0. The Labute approximate surface area is 102 Å². The van der Waals surface area contributed by atoms with Gasteiger partial charge in [0.25, 0.3) is 0 Å². The van der Waals surface area contributed by atoms with Crippen LogP contribution in [-0.4, -0.2) is 24.8 Å². The van der Waals surface area contributed by atoms with Crippen molar-refractivity contribution in [1.82, 2.24) is 0 Å². The van der Waals surface area contributed by atoms with E-state index >= 15 is 0 Å². The second-order valence-corrected chi connectivity index (χ2v) is 6.07. The summed E-state index contributed by atoms with van der Waals surface area (Å²) in [6.07, 6.45) is 7.39. The number of esters is 1. The summed E-state index contributed by atoms with van der Waals surface area (Å²) < 4.78 is 10.9. The largest absolute Gasteiger partial charge is 0.454 e. The number of allylic oxidation sites excluding steroid dienone is 2. The van der Waals surface area contributed by atoms with Crippen LogP contribution in [0.15, 0.2) is 12.2 Å². The van der Waals surface area contributed by atoms with Crippen molar-refractivity contribution in [2.24, 2.45) is 17.3 Å². The van der Waals surface area contributed by atoms with Crippen molar-refractivity contribution in [2.45, 2.75) is 38.7 Å². The number of ether oxygens (including phenoxy) is 2. The van der Waals surface area contributed by atoms with Crippen LogP contribution in [0.1, 0.15) is 33.1 Å². The zero-order valence-corrected chi connectivity index (χ0v) is 10.6. The van der Waals surface area contributed by atoms with Gasteiger partial charge < -0.3 is 9.47 Å². The molecule has 3 unspecified atom stereocenters. The van der Waals surface area contributed by atoms with Crippen LogP contribution in [0.2, 0.25) is 0 Å². The van der Waals surface area contributed by atoms with Crippen LogP contribution in [0, 0.1) is 17.3 Å². The predicted molar refractivity (Wildman–Crippen MR) is 63.4 cm³/mol. The van der Waals surface area contributed by atoms with E-state index in [-0.39, 0.29) is 22.9 Å². The molecule has 94 valence electrons. The van der Waals surface area contributed by atoms with Gasteiger partial charge in [-0.1, -0.05) is 26.0 Å². The Hall–Kier alpha value is -0.830. The van der Waals surface area contributed by atoms with Gasteiger partial charge in [-0.3, -0.25) is 4.79 Å². The minimum atomic E-state index is -0.320. The van der Waals surface area contributed by atoms with Gasteiger partial charge in [-0.2, -0.15) is 0 Å². The molecule has 3 aliphatic rings. The van der Waals surface area contributed by atoms with E-state index in [1.165, 1.54) is 0 Å². The molecule has 3 atom stereocenters. The minimum Gasteiger partial charge on any atom is -0.454 e. The maximum atomic E-state index is 12.3. The summed E-state index contributed by atoms with van der Waals surface area (Å²) in [7, 11) is 0. The Morgan fingerprint density at radius 1 is 1.53 bits per heavy atom. The normalized spacial score (nSPS) is 41.3. The third-order valence-electron chi connectivity index (χ3n) is 4.76. The molecule has 3 rings (SSSR count). The van der Waals surface area contributed by atoms with Gasteiger partial charge in [0, 0.05) is 0 Å². The Kier molecular flexibility index (Phi) is 2.37. The van der Waals surface area contributed by atoms with E-state index in [4.69, 9.17) is 9.47 Å². The van der Waals surface area contributed by atoms with Gasteiger partial charge >= 0.3 is 5.97 Å². The first-order valence-corrected chi connectivity index (χ1v) is 6.57. The Morgan fingerprint density at radius 2 is 2.29 bits per heavy atom. The maximum absolute atomic E-state index is 12.3. The van der Waals surface area contributed by atoms with E-state index < -0.39 is 0 Å². The smallest absolute Gasteiger partial charge is 0.310 e. The Balaban J connectivity index is 1.69. The van der Waals surface area contributed by atoms with Crippen LogP contribution >= 0.6 is 0 Å². The Morgan fingerprint density at radius 3 is 2.71 bits per heavy atom. The lowest BCUT2D eigenvalue weighted by Crippen LogP contribution is -2.53. The van der Waals surface area contributed by atoms with Crippen molar-refractivity contribution in [3.63, 3.8) is 0 Å². The van der Waals surface area contributed by atoms with E-state index in [9.17, 15) is 4.79 Å². The van der Waals surface area contributed by atoms with Gasteiger partial charge in [-0.25, -0.2) is 0 Å². The van der Waals surface area contributed by atoms with Gasteiger partial charge in [-0.05, 0) is 30.6 Å². The van der Waals surface area contributed by atoms with Crippen LogP contribution in [0.25, 0.3) is 0 Å². The van der Waals surface area contributed by atoms with Gasteiger partial charge in [0.15, 0.2) is 5.60 Å². The van der Waals surface area contributed by atoms with Crippen LogP contribution in [0.5, 0.6) is 0 Å². The van der Waals surface area contributed by atoms with E-state index in [1.807, 2.05) is 0 Å². The molecule has 0 amide bonds. The molecular weight excluding hydrogens is 216 g/mol. The molecule has 0 aromatic rings. The molecule has 0 aromatic carbocycles. The molecule has 2 bridgehead atoms. The first-order valence-electron chi connectivity index (χ1n) is 6.57. The van der Waals surface area contributed by atoms with Gasteiger partial charge in [-0.15, -0.1) is 0 Å². The minimum absolute atomic E-state index is 0.00972.